The summed E-state index contributed by atoms with van der Waals surface area (Å²) in [4.78, 5) is 0. The Morgan fingerprint density at radius 3 is 2.38 bits per heavy atom. The number of hydrogen-bond acceptors (Lipinski definition) is 1. The van der Waals surface area contributed by atoms with Crippen molar-refractivity contribution in [3.63, 3.8) is 0 Å². The van der Waals surface area contributed by atoms with Crippen LogP contribution in [-0.2, 0) is 0 Å². The van der Waals surface area contributed by atoms with E-state index in [2.05, 4.69) is 6.92 Å². The molecule has 1 heteroatoms. The summed E-state index contributed by atoms with van der Waals surface area (Å²) in [6.07, 6.45) is 3.36. The molecule has 0 amide bonds. The first-order valence-corrected chi connectivity index (χ1v) is 3.39. The molecular weight excluding hydrogens is 100 g/mol. The van der Waals surface area contributed by atoms with E-state index in [1.807, 2.05) is 6.92 Å². The second-order valence-electron chi connectivity index (χ2n) is 3.00. The van der Waals surface area contributed by atoms with Crippen LogP contribution in [0.25, 0.3) is 0 Å². The van der Waals surface area contributed by atoms with E-state index in [1.165, 1.54) is 6.42 Å². The lowest BCUT2D eigenvalue weighted by Gasteiger charge is -2.42. The maximum absolute atomic E-state index is 9.37. The molecule has 1 saturated carbocycles. The Hall–Kier alpha value is -0.0400. The highest BCUT2D eigenvalue weighted by atomic mass is 16.3. The summed E-state index contributed by atoms with van der Waals surface area (Å²) in [6, 6.07) is 0. The minimum Gasteiger partial charge on any atom is -0.390 e. The predicted octanol–water partition coefficient (Wildman–Crippen LogP) is 1.56. The van der Waals surface area contributed by atoms with Crippen molar-refractivity contribution in [2.24, 2.45) is 5.92 Å². The Labute approximate surface area is 50.7 Å². The number of hydrogen-bond donors (Lipinski definition) is 1. The van der Waals surface area contributed by atoms with E-state index in [9.17, 15) is 5.11 Å². The van der Waals surface area contributed by atoms with Crippen LogP contribution in [0.4, 0.5) is 0 Å². The average molecular weight is 114 g/mol. The van der Waals surface area contributed by atoms with Crippen molar-refractivity contribution >= 4 is 0 Å². The number of rotatable bonds is 1. The van der Waals surface area contributed by atoms with Gasteiger partial charge in [0.2, 0.25) is 0 Å². The predicted molar refractivity (Wildman–Crippen MR) is 33.6 cm³/mol. The number of aliphatic hydroxyl groups is 1. The fraction of sp³-hybridized carbons (Fsp3) is 1.00. The molecule has 0 bridgehead atoms. The molecule has 1 rings (SSSR count). The summed E-state index contributed by atoms with van der Waals surface area (Å²) >= 11 is 0. The van der Waals surface area contributed by atoms with Gasteiger partial charge in [0, 0.05) is 0 Å². The van der Waals surface area contributed by atoms with E-state index in [0.717, 1.165) is 12.8 Å². The fourth-order valence-electron chi connectivity index (χ4n) is 1.41. The molecule has 0 aromatic rings. The van der Waals surface area contributed by atoms with Crippen molar-refractivity contribution in [2.75, 3.05) is 0 Å². The zero-order valence-corrected chi connectivity index (χ0v) is 5.65. The van der Waals surface area contributed by atoms with Crippen molar-refractivity contribution in [3.8, 4) is 0 Å². The summed E-state index contributed by atoms with van der Waals surface area (Å²) in [5.74, 6) is 0.586. The van der Waals surface area contributed by atoms with Crippen LogP contribution in [0, 0.1) is 5.92 Å². The average Bonchev–Trinajstić information content (AvgIpc) is 1.66. The van der Waals surface area contributed by atoms with E-state index in [-0.39, 0.29) is 5.60 Å². The second kappa shape index (κ2) is 1.73. The highest BCUT2D eigenvalue weighted by Gasteiger charge is 2.38. The SMILES string of the molecule is CCC1CCC1(C)O. The highest BCUT2D eigenvalue weighted by molar-refractivity contribution is 4.90. The van der Waals surface area contributed by atoms with Gasteiger partial charge in [-0.15, -0.1) is 0 Å². The van der Waals surface area contributed by atoms with Gasteiger partial charge < -0.3 is 5.11 Å². The maximum atomic E-state index is 9.37. The van der Waals surface area contributed by atoms with Crippen LogP contribution in [0.3, 0.4) is 0 Å². The molecule has 2 atom stereocenters. The van der Waals surface area contributed by atoms with Gasteiger partial charge in [-0.3, -0.25) is 0 Å². The van der Waals surface area contributed by atoms with Gasteiger partial charge in [0.05, 0.1) is 5.60 Å². The van der Waals surface area contributed by atoms with Gasteiger partial charge in [-0.1, -0.05) is 13.3 Å². The Morgan fingerprint density at radius 2 is 2.38 bits per heavy atom. The molecule has 48 valence electrons. The van der Waals surface area contributed by atoms with Gasteiger partial charge in [-0.25, -0.2) is 0 Å². The van der Waals surface area contributed by atoms with Crippen LogP contribution < -0.4 is 0 Å². The summed E-state index contributed by atoms with van der Waals surface area (Å²) in [6.45, 7) is 4.07. The van der Waals surface area contributed by atoms with Gasteiger partial charge in [-0.2, -0.15) is 0 Å². The fourth-order valence-corrected chi connectivity index (χ4v) is 1.41. The molecule has 0 spiro atoms. The molecule has 1 aliphatic rings. The molecule has 0 heterocycles. The lowest BCUT2D eigenvalue weighted by atomic mass is 9.69. The molecule has 0 aromatic heterocycles. The van der Waals surface area contributed by atoms with Crippen molar-refractivity contribution < 1.29 is 5.11 Å². The second-order valence-corrected chi connectivity index (χ2v) is 3.00. The van der Waals surface area contributed by atoms with Crippen molar-refractivity contribution in [2.45, 2.75) is 38.7 Å². The van der Waals surface area contributed by atoms with E-state index < -0.39 is 0 Å². The Balaban J connectivity index is 2.37. The third-order valence-electron chi connectivity index (χ3n) is 2.37. The standard InChI is InChI=1S/C7H14O/c1-3-6-4-5-7(6,2)8/h6,8H,3-5H2,1-2H3. The first-order valence-electron chi connectivity index (χ1n) is 3.39. The van der Waals surface area contributed by atoms with Gasteiger partial charge in [0.15, 0.2) is 0 Å². The lowest BCUT2D eigenvalue weighted by molar-refractivity contribution is -0.0790. The largest absolute Gasteiger partial charge is 0.390 e. The third kappa shape index (κ3) is 0.752. The van der Waals surface area contributed by atoms with Gasteiger partial charge >= 0.3 is 0 Å². The molecule has 1 aliphatic carbocycles. The first-order chi connectivity index (χ1) is 3.67. The molecular formula is C7H14O. The quantitative estimate of drug-likeness (QED) is 0.548. The van der Waals surface area contributed by atoms with E-state index in [0.29, 0.717) is 5.92 Å². The lowest BCUT2D eigenvalue weighted by Crippen LogP contribution is -2.43. The summed E-state index contributed by atoms with van der Waals surface area (Å²) in [5.41, 5.74) is -0.311. The zero-order chi connectivity index (χ0) is 6.20. The van der Waals surface area contributed by atoms with Crippen LogP contribution in [-0.4, -0.2) is 10.7 Å². The molecule has 1 nitrogen and oxygen atoms in total. The normalized spacial score (nSPS) is 46.1. The van der Waals surface area contributed by atoms with Crippen molar-refractivity contribution in [3.05, 3.63) is 0 Å². The zero-order valence-electron chi connectivity index (χ0n) is 5.65. The Morgan fingerprint density at radius 1 is 1.75 bits per heavy atom. The molecule has 1 N–H and O–H groups in total. The third-order valence-corrected chi connectivity index (χ3v) is 2.37. The van der Waals surface area contributed by atoms with Crippen LogP contribution in [0.5, 0.6) is 0 Å². The monoisotopic (exact) mass is 114 g/mol. The summed E-state index contributed by atoms with van der Waals surface area (Å²) in [7, 11) is 0. The summed E-state index contributed by atoms with van der Waals surface area (Å²) in [5, 5.41) is 9.37. The molecule has 0 aromatic carbocycles. The molecule has 8 heavy (non-hydrogen) atoms. The van der Waals surface area contributed by atoms with Crippen LogP contribution >= 0.6 is 0 Å². The minimum absolute atomic E-state index is 0.311. The van der Waals surface area contributed by atoms with Gasteiger partial charge in [0.1, 0.15) is 0 Å². The molecule has 0 aliphatic heterocycles. The van der Waals surface area contributed by atoms with Crippen LogP contribution in [0.2, 0.25) is 0 Å². The topological polar surface area (TPSA) is 20.2 Å². The Kier molecular flexibility index (Phi) is 1.31. The van der Waals surface area contributed by atoms with Gasteiger partial charge in [0.25, 0.3) is 0 Å². The van der Waals surface area contributed by atoms with E-state index in [4.69, 9.17) is 0 Å². The van der Waals surface area contributed by atoms with Crippen LogP contribution in [0.15, 0.2) is 0 Å². The van der Waals surface area contributed by atoms with Crippen molar-refractivity contribution in [1.29, 1.82) is 0 Å². The van der Waals surface area contributed by atoms with E-state index in [1.54, 1.807) is 0 Å². The smallest absolute Gasteiger partial charge is 0.0647 e. The molecule has 2 unspecified atom stereocenters. The van der Waals surface area contributed by atoms with Gasteiger partial charge in [-0.05, 0) is 25.7 Å². The van der Waals surface area contributed by atoms with E-state index >= 15 is 0 Å². The minimum atomic E-state index is -0.311. The molecule has 1 fully saturated rings. The summed E-state index contributed by atoms with van der Waals surface area (Å²) < 4.78 is 0. The van der Waals surface area contributed by atoms with Crippen molar-refractivity contribution in [1.82, 2.24) is 0 Å². The maximum Gasteiger partial charge on any atom is 0.0647 e. The molecule has 0 radical (unpaired) electrons. The molecule has 0 saturated heterocycles. The Bertz CT molecular complexity index is 84.4. The van der Waals surface area contributed by atoms with Crippen LogP contribution in [0.1, 0.15) is 33.1 Å². The first kappa shape index (κ1) is 6.09. The highest BCUT2D eigenvalue weighted by Crippen LogP contribution is 2.39.